The number of hydrogen-bond donors (Lipinski definition) is 3. The van der Waals surface area contributed by atoms with Gasteiger partial charge in [0.25, 0.3) is 0 Å². The second-order valence-electron chi connectivity index (χ2n) is 9.04. The van der Waals surface area contributed by atoms with Crippen molar-refractivity contribution >= 4 is 17.5 Å². The Bertz CT molecular complexity index is 1660. The van der Waals surface area contributed by atoms with E-state index in [1.807, 2.05) is 35.1 Å². The van der Waals surface area contributed by atoms with Crippen LogP contribution in [0.2, 0.25) is 0 Å². The Morgan fingerprint density at radius 2 is 1.95 bits per heavy atom. The van der Waals surface area contributed by atoms with Crippen molar-refractivity contribution in [2.24, 2.45) is 0 Å². The third-order valence-corrected chi connectivity index (χ3v) is 6.56. The molecule has 0 atom stereocenters. The van der Waals surface area contributed by atoms with Crippen LogP contribution in [0.25, 0.3) is 28.2 Å². The van der Waals surface area contributed by atoms with E-state index in [1.54, 1.807) is 18.2 Å². The third kappa shape index (κ3) is 4.51. The number of pyridine rings is 1. The normalized spacial score (nSPS) is 14.0. The Labute approximate surface area is 217 Å². The number of rotatable bonds is 6. The highest BCUT2D eigenvalue weighted by Gasteiger charge is 2.17. The van der Waals surface area contributed by atoms with Crippen LogP contribution >= 0.6 is 0 Å². The fourth-order valence-electron chi connectivity index (χ4n) is 4.59. The summed E-state index contributed by atoms with van der Waals surface area (Å²) in [7, 11) is 0. The van der Waals surface area contributed by atoms with Gasteiger partial charge in [-0.2, -0.15) is 19.9 Å². The number of anilines is 2. The van der Waals surface area contributed by atoms with Gasteiger partial charge in [0.15, 0.2) is 5.65 Å². The first-order valence-corrected chi connectivity index (χ1v) is 12.3. The fourth-order valence-corrected chi connectivity index (χ4v) is 4.59. The van der Waals surface area contributed by atoms with Gasteiger partial charge < -0.3 is 16.4 Å². The van der Waals surface area contributed by atoms with E-state index >= 15 is 0 Å². The fraction of sp³-hybridized carbons (Fsp3) is 0.231. The first kappa shape index (κ1) is 23.5. The second-order valence-corrected chi connectivity index (χ2v) is 9.04. The van der Waals surface area contributed by atoms with Crippen LogP contribution in [0.4, 0.5) is 16.3 Å². The molecule has 4 aromatic heterocycles. The van der Waals surface area contributed by atoms with Gasteiger partial charge in [0, 0.05) is 23.4 Å². The topological polar surface area (TPSA) is 148 Å². The van der Waals surface area contributed by atoms with Crippen LogP contribution in [0.5, 0.6) is 0 Å². The number of hydrogen-bond acceptors (Lipinski definition) is 9. The number of aromatic nitrogens is 7. The quantitative estimate of drug-likeness (QED) is 0.314. The first-order valence-electron chi connectivity index (χ1n) is 12.3. The largest absolute Gasteiger partial charge is 0.368 e. The molecule has 1 aromatic carbocycles. The molecule has 4 N–H and O–H groups in total. The van der Waals surface area contributed by atoms with Crippen molar-refractivity contribution in [3.8, 4) is 28.6 Å². The SMILES string of the molecule is N#Cc1cccc(-c2cc3nc(NCc4cccc(-c5cnn(C6CCNCC6)c5)n4)nn3c(N)n2)c1F. The third-order valence-electron chi connectivity index (χ3n) is 6.56. The molecule has 0 aliphatic carbocycles. The summed E-state index contributed by atoms with van der Waals surface area (Å²) in [6.45, 7) is 2.39. The Morgan fingerprint density at radius 3 is 2.79 bits per heavy atom. The number of nitriles is 1. The van der Waals surface area contributed by atoms with Gasteiger partial charge in [0.2, 0.25) is 11.9 Å². The van der Waals surface area contributed by atoms with E-state index in [4.69, 9.17) is 16.0 Å². The molecule has 0 spiro atoms. The summed E-state index contributed by atoms with van der Waals surface area (Å²) < 4.78 is 18.1. The lowest BCUT2D eigenvalue weighted by Crippen LogP contribution is -2.29. The highest BCUT2D eigenvalue weighted by molar-refractivity contribution is 5.68. The van der Waals surface area contributed by atoms with E-state index in [9.17, 15) is 4.39 Å². The lowest BCUT2D eigenvalue weighted by atomic mass is 10.1. The molecular formula is C26H24FN11. The van der Waals surface area contributed by atoms with Gasteiger partial charge in [-0.05, 0) is 50.2 Å². The lowest BCUT2D eigenvalue weighted by molar-refractivity contribution is 0.343. The van der Waals surface area contributed by atoms with Crippen molar-refractivity contribution < 1.29 is 4.39 Å². The van der Waals surface area contributed by atoms with Crippen molar-refractivity contribution in [1.82, 2.24) is 39.7 Å². The van der Waals surface area contributed by atoms with Crippen LogP contribution in [0, 0.1) is 17.1 Å². The minimum Gasteiger partial charge on any atom is -0.368 e. The molecule has 190 valence electrons. The predicted octanol–water partition coefficient (Wildman–Crippen LogP) is 3.18. The molecule has 0 radical (unpaired) electrons. The smallest absolute Gasteiger partial charge is 0.243 e. The van der Waals surface area contributed by atoms with Crippen LogP contribution in [0.1, 0.15) is 30.1 Å². The zero-order valence-corrected chi connectivity index (χ0v) is 20.3. The minimum absolute atomic E-state index is 0.0469. The number of halogens is 1. The Hall–Kier alpha value is -4.89. The average molecular weight is 510 g/mol. The number of piperidine rings is 1. The molecular weight excluding hydrogens is 485 g/mol. The van der Waals surface area contributed by atoms with Gasteiger partial charge in [-0.1, -0.05) is 12.1 Å². The summed E-state index contributed by atoms with van der Waals surface area (Å²) in [6.07, 6.45) is 6.04. The Kier molecular flexibility index (Phi) is 6.11. The van der Waals surface area contributed by atoms with Crippen molar-refractivity contribution in [3.05, 3.63) is 71.9 Å². The van der Waals surface area contributed by atoms with Gasteiger partial charge in [0.05, 0.1) is 41.4 Å². The predicted molar refractivity (Wildman–Crippen MR) is 139 cm³/mol. The molecule has 5 heterocycles. The molecule has 6 rings (SSSR count). The molecule has 1 aliphatic heterocycles. The minimum atomic E-state index is -0.656. The Morgan fingerprint density at radius 1 is 1.11 bits per heavy atom. The van der Waals surface area contributed by atoms with Gasteiger partial charge in [0.1, 0.15) is 11.9 Å². The number of nitrogen functional groups attached to an aromatic ring is 1. The highest BCUT2D eigenvalue weighted by Crippen LogP contribution is 2.26. The number of nitrogens with one attached hydrogen (secondary N) is 2. The van der Waals surface area contributed by atoms with Crippen LogP contribution < -0.4 is 16.4 Å². The summed E-state index contributed by atoms with van der Waals surface area (Å²) in [4.78, 5) is 13.5. The highest BCUT2D eigenvalue weighted by atomic mass is 19.1. The zero-order valence-electron chi connectivity index (χ0n) is 20.3. The summed E-state index contributed by atoms with van der Waals surface area (Å²) in [6, 6.07) is 14.2. The molecule has 0 amide bonds. The number of fused-ring (bicyclic) bond motifs is 1. The average Bonchev–Trinajstić information content (AvgIpc) is 3.61. The molecule has 5 aromatic rings. The molecule has 0 unspecified atom stereocenters. The van der Waals surface area contributed by atoms with E-state index in [0.29, 0.717) is 24.2 Å². The molecule has 0 bridgehead atoms. The van der Waals surface area contributed by atoms with E-state index in [-0.39, 0.29) is 22.8 Å². The van der Waals surface area contributed by atoms with Crippen LogP contribution in [0.15, 0.2) is 54.9 Å². The number of nitrogens with zero attached hydrogens (tertiary/aromatic N) is 8. The van der Waals surface area contributed by atoms with Gasteiger partial charge in [-0.15, -0.1) is 5.10 Å². The van der Waals surface area contributed by atoms with Gasteiger partial charge in [-0.25, -0.2) is 9.37 Å². The molecule has 1 fully saturated rings. The lowest BCUT2D eigenvalue weighted by Gasteiger charge is -2.22. The van der Waals surface area contributed by atoms with E-state index < -0.39 is 5.82 Å². The summed E-state index contributed by atoms with van der Waals surface area (Å²) in [5, 5.41) is 24.6. The van der Waals surface area contributed by atoms with Gasteiger partial charge >= 0.3 is 0 Å². The van der Waals surface area contributed by atoms with Crippen molar-refractivity contribution in [2.75, 3.05) is 24.1 Å². The number of nitrogens with two attached hydrogens (primary N) is 1. The maximum Gasteiger partial charge on any atom is 0.243 e. The molecule has 1 aliphatic rings. The van der Waals surface area contributed by atoms with Crippen molar-refractivity contribution in [3.63, 3.8) is 0 Å². The monoisotopic (exact) mass is 509 g/mol. The maximum absolute atomic E-state index is 14.7. The van der Waals surface area contributed by atoms with Crippen molar-refractivity contribution in [2.45, 2.75) is 25.4 Å². The summed E-state index contributed by atoms with van der Waals surface area (Å²) >= 11 is 0. The molecule has 38 heavy (non-hydrogen) atoms. The van der Waals surface area contributed by atoms with E-state index in [2.05, 4.69) is 37.0 Å². The van der Waals surface area contributed by atoms with Crippen LogP contribution in [-0.2, 0) is 6.54 Å². The van der Waals surface area contributed by atoms with E-state index in [0.717, 1.165) is 42.9 Å². The zero-order chi connectivity index (χ0) is 26.1. The van der Waals surface area contributed by atoms with Gasteiger partial charge in [-0.3, -0.25) is 9.67 Å². The summed E-state index contributed by atoms with van der Waals surface area (Å²) in [5.74, 6) is -0.283. The standard InChI is InChI=1S/C26H24FN11/c27-24-16(12-28)3-1-5-20(24)22-11-23-35-26(36-38(23)25(29)34-22)31-14-18-4-2-6-21(33-18)17-13-32-37(15-17)19-7-9-30-10-8-19/h1-6,11,13,15,19,30H,7-10,14H2,(H2,29,34)(H,31,36). The molecule has 1 saturated heterocycles. The Balaban J connectivity index is 1.20. The second kappa shape index (κ2) is 9.87. The molecule has 11 nitrogen and oxygen atoms in total. The molecule has 0 saturated carbocycles. The summed E-state index contributed by atoms with van der Waals surface area (Å²) in [5.41, 5.74) is 9.45. The van der Waals surface area contributed by atoms with Crippen LogP contribution in [-0.4, -0.2) is 47.4 Å². The maximum atomic E-state index is 14.7. The van der Waals surface area contributed by atoms with Crippen molar-refractivity contribution in [1.29, 1.82) is 5.26 Å². The first-order chi connectivity index (χ1) is 18.6. The van der Waals surface area contributed by atoms with Crippen LogP contribution in [0.3, 0.4) is 0 Å². The number of benzene rings is 1. The van der Waals surface area contributed by atoms with E-state index in [1.165, 1.54) is 10.6 Å². The molecule has 12 heteroatoms.